The van der Waals surface area contributed by atoms with Crippen molar-refractivity contribution >= 4 is 16.5 Å². The van der Waals surface area contributed by atoms with Crippen LogP contribution in [0.4, 0.5) is 5.13 Å². The molecule has 1 aromatic heterocycles. The predicted octanol–water partition coefficient (Wildman–Crippen LogP) is 1.97. The van der Waals surface area contributed by atoms with Crippen molar-refractivity contribution in [2.24, 2.45) is 0 Å². The first kappa shape index (κ1) is 9.93. The van der Waals surface area contributed by atoms with Crippen LogP contribution >= 0.6 is 11.3 Å². The zero-order chi connectivity index (χ0) is 10.1. The lowest BCUT2D eigenvalue weighted by atomic mass is 10.2. The minimum Gasteiger partial charge on any atom is -0.391 e. The predicted molar refractivity (Wildman–Crippen MR) is 59.0 cm³/mol. The van der Waals surface area contributed by atoms with Crippen LogP contribution in [0.3, 0.4) is 0 Å². The Morgan fingerprint density at radius 3 is 2.79 bits per heavy atom. The fourth-order valence-electron chi connectivity index (χ4n) is 1.44. The minimum absolute atomic E-state index is 0.140. The van der Waals surface area contributed by atoms with Crippen molar-refractivity contribution in [2.75, 3.05) is 18.5 Å². The number of anilines is 1. The summed E-state index contributed by atoms with van der Waals surface area (Å²) in [7, 11) is 2.04. The zero-order valence-corrected chi connectivity index (χ0v) is 9.47. The van der Waals surface area contributed by atoms with Gasteiger partial charge in [-0.1, -0.05) is 11.3 Å². The number of hydrogen-bond donors (Lipinski definition) is 1. The van der Waals surface area contributed by atoms with Gasteiger partial charge in [-0.05, 0) is 19.8 Å². The van der Waals surface area contributed by atoms with Crippen molar-refractivity contribution in [1.29, 1.82) is 0 Å². The molecule has 0 bridgehead atoms. The Kier molecular flexibility index (Phi) is 2.74. The Morgan fingerprint density at radius 2 is 2.29 bits per heavy atom. The van der Waals surface area contributed by atoms with E-state index in [1.807, 2.05) is 7.05 Å². The molecule has 4 heteroatoms. The number of thiazole rings is 1. The van der Waals surface area contributed by atoms with E-state index in [9.17, 15) is 5.11 Å². The van der Waals surface area contributed by atoms with E-state index in [1.54, 1.807) is 11.3 Å². The molecule has 1 heterocycles. The fourth-order valence-corrected chi connectivity index (χ4v) is 2.47. The molecule has 0 aliphatic heterocycles. The molecule has 1 aromatic rings. The first-order chi connectivity index (χ1) is 6.76. The van der Waals surface area contributed by atoms with Gasteiger partial charge >= 0.3 is 0 Å². The standard InChI is InChI=1S/C10H16N2OS/c1-3-12(2)10-11-9(7-4-5-7)8(6-13)14-10/h7,13H,3-6H2,1-2H3. The van der Waals surface area contributed by atoms with Crippen LogP contribution in [0, 0.1) is 0 Å². The molecule has 0 aromatic carbocycles. The van der Waals surface area contributed by atoms with Gasteiger partial charge in [-0.3, -0.25) is 0 Å². The average molecular weight is 212 g/mol. The summed E-state index contributed by atoms with van der Waals surface area (Å²) < 4.78 is 0. The number of nitrogens with zero attached hydrogens (tertiary/aromatic N) is 2. The van der Waals surface area contributed by atoms with E-state index in [-0.39, 0.29) is 6.61 Å². The summed E-state index contributed by atoms with van der Waals surface area (Å²) in [5.74, 6) is 0.632. The van der Waals surface area contributed by atoms with Gasteiger partial charge in [0.2, 0.25) is 0 Å². The SMILES string of the molecule is CCN(C)c1nc(C2CC2)c(CO)s1. The minimum atomic E-state index is 0.140. The van der Waals surface area contributed by atoms with Crippen LogP contribution in [0.2, 0.25) is 0 Å². The monoisotopic (exact) mass is 212 g/mol. The van der Waals surface area contributed by atoms with Gasteiger partial charge in [-0.15, -0.1) is 0 Å². The second kappa shape index (κ2) is 3.87. The third-order valence-corrected chi connectivity index (χ3v) is 3.79. The third kappa shape index (κ3) is 1.77. The Bertz CT molecular complexity index is 320. The molecule has 0 atom stereocenters. The Labute approximate surface area is 88.4 Å². The highest BCUT2D eigenvalue weighted by molar-refractivity contribution is 7.15. The third-order valence-electron chi connectivity index (χ3n) is 2.62. The van der Waals surface area contributed by atoms with Crippen molar-refractivity contribution in [2.45, 2.75) is 32.3 Å². The summed E-state index contributed by atoms with van der Waals surface area (Å²) in [4.78, 5) is 7.78. The molecule has 0 amide bonds. The highest BCUT2D eigenvalue weighted by Crippen LogP contribution is 2.43. The lowest BCUT2D eigenvalue weighted by Crippen LogP contribution is -2.15. The summed E-state index contributed by atoms with van der Waals surface area (Å²) in [6, 6.07) is 0. The lowest BCUT2D eigenvalue weighted by Gasteiger charge is -2.11. The van der Waals surface area contributed by atoms with Gasteiger partial charge in [0.15, 0.2) is 5.13 Å². The Balaban J connectivity index is 2.26. The summed E-state index contributed by atoms with van der Waals surface area (Å²) in [5.41, 5.74) is 1.15. The maximum atomic E-state index is 9.21. The highest BCUT2D eigenvalue weighted by atomic mass is 32.1. The molecule has 0 unspecified atom stereocenters. The van der Waals surface area contributed by atoms with E-state index in [2.05, 4.69) is 16.8 Å². The van der Waals surface area contributed by atoms with Crippen molar-refractivity contribution in [1.82, 2.24) is 4.98 Å². The average Bonchev–Trinajstić information content (AvgIpc) is 2.96. The van der Waals surface area contributed by atoms with Crippen LogP contribution < -0.4 is 4.90 Å². The topological polar surface area (TPSA) is 36.4 Å². The van der Waals surface area contributed by atoms with E-state index in [1.165, 1.54) is 12.8 Å². The van der Waals surface area contributed by atoms with Crippen molar-refractivity contribution in [3.05, 3.63) is 10.6 Å². The van der Waals surface area contributed by atoms with E-state index < -0.39 is 0 Å². The van der Waals surface area contributed by atoms with Crippen LogP contribution in [0.25, 0.3) is 0 Å². The molecule has 0 saturated heterocycles. The van der Waals surface area contributed by atoms with E-state index in [0.29, 0.717) is 5.92 Å². The van der Waals surface area contributed by atoms with Crippen LogP contribution in [0.5, 0.6) is 0 Å². The molecule has 3 nitrogen and oxygen atoms in total. The number of rotatable bonds is 4. The van der Waals surface area contributed by atoms with Crippen LogP contribution in [0.1, 0.15) is 36.3 Å². The van der Waals surface area contributed by atoms with Gasteiger partial charge in [-0.2, -0.15) is 0 Å². The van der Waals surface area contributed by atoms with E-state index in [0.717, 1.165) is 22.2 Å². The van der Waals surface area contributed by atoms with Gasteiger partial charge in [0.1, 0.15) is 0 Å². The Hall–Kier alpha value is -0.610. The molecule has 1 aliphatic carbocycles. The summed E-state index contributed by atoms with van der Waals surface area (Å²) >= 11 is 1.63. The molecule has 2 rings (SSSR count). The largest absolute Gasteiger partial charge is 0.391 e. The summed E-state index contributed by atoms with van der Waals surface area (Å²) in [6.45, 7) is 3.21. The first-order valence-corrected chi connectivity index (χ1v) is 5.89. The molecule has 1 fully saturated rings. The van der Waals surface area contributed by atoms with Crippen molar-refractivity contribution in [3.63, 3.8) is 0 Å². The van der Waals surface area contributed by atoms with Gasteiger partial charge in [0.05, 0.1) is 17.2 Å². The van der Waals surface area contributed by atoms with Gasteiger partial charge < -0.3 is 10.0 Å². The van der Waals surface area contributed by atoms with Crippen LogP contribution in [0.15, 0.2) is 0 Å². The Morgan fingerprint density at radius 1 is 1.57 bits per heavy atom. The zero-order valence-electron chi connectivity index (χ0n) is 8.66. The molecular weight excluding hydrogens is 196 g/mol. The van der Waals surface area contributed by atoms with Crippen molar-refractivity contribution < 1.29 is 5.11 Å². The normalized spacial score (nSPS) is 15.9. The van der Waals surface area contributed by atoms with Crippen LogP contribution in [-0.2, 0) is 6.61 Å². The number of aliphatic hydroxyl groups is 1. The van der Waals surface area contributed by atoms with E-state index in [4.69, 9.17) is 0 Å². The first-order valence-electron chi connectivity index (χ1n) is 5.07. The number of hydrogen-bond acceptors (Lipinski definition) is 4. The molecular formula is C10H16N2OS. The smallest absolute Gasteiger partial charge is 0.185 e. The molecule has 1 aliphatic rings. The molecule has 14 heavy (non-hydrogen) atoms. The highest BCUT2D eigenvalue weighted by Gasteiger charge is 2.29. The van der Waals surface area contributed by atoms with Gasteiger partial charge in [-0.25, -0.2) is 4.98 Å². The number of aromatic nitrogens is 1. The second-order valence-corrected chi connectivity index (χ2v) is 4.81. The molecule has 1 saturated carbocycles. The van der Waals surface area contributed by atoms with E-state index >= 15 is 0 Å². The summed E-state index contributed by atoms with van der Waals surface area (Å²) in [5, 5.41) is 10.3. The summed E-state index contributed by atoms with van der Waals surface area (Å²) in [6.07, 6.45) is 2.48. The fraction of sp³-hybridized carbons (Fsp3) is 0.700. The maximum absolute atomic E-state index is 9.21. The van der Waals surface area contributed by atoms with Gasteiger partial charge in [0.25, 0.3) is 0 Å². The molecule has 78 valence electrons. The molecule has 0 radical (unpaired) electrons. The molecule has 0 spiro atoms. The maximum Gasteiger partial charge on any atom is 0.185 e. The molecule has 1 N–H and O–H groups in total. The second-order valence-electron chi connectivity index (χ2n) is 3.75. The van der Waals surface area contributed by atoms with Crippen LogP contribution in [-0.4, -0.2) is 23.7 Å². The van der Waals surface area contributed by atoms with Gasteiger partial charge in [0, 0.05) is 19.5 Å². The number of aliphatic hydroxyl groups excluding tert-OH is 1. The lowest BCUT2D eigenvalue weighted by molar-refractivity contribution is 0.284. The van der Waals surface area contributed by atoms with Crippen molar-refractivity contribution in [3.8, 4) is 0 Å². The quantitative estimate of drug-likeness (QED) is 0.829.